The number of furan rings is 1. The molecule has 0 aliphatic heterocycles. The Morgan fingerprint density at radius 3 is 3.05 bits per heavy atom. The fraction of sp³-hybridized carbons (Fsp3) is 0.200. The van der Waals surface area contributed by atoms with Crippen molar-refractivity contribution in [3.63, 3.8) is 0 Å². The monoisotopic (exact) mass is 297 g/mol. The number of nitrogens with zero attached hydrogens (tertiary/aromatic N) is 4. The summed E-state index contributed by atoms with van der Waals surface area (Å²) < 4.78 is 6.78. The lowest BCUT2D eigenvalue weighted by atomic mass is 10.2. The normalized spacial score (nSPS) is 10.5. The predicted molar refractivity (Wildman–Crippen MR) is 78.0 cm³/mol. The van der Waals surface area contributed by atoms with Crippen LogP contribution in [0.5, 0.6) is 0 Å². The molecule has 3 rings (SSSR count). The molecule has 1 N–H and O–H groups in total. The number of hydrogen-bond acceptors (Lipinski definition) is 5. The summed E-state index contributed by atoms with van der Waals surface area (Å²) >= 11 is 0. The Bertz CT molecular complexity index is 722. The van der Waals surface area contributed by atoms with Gasteiger partial charge in [0.2, 0.25) is 5.91 Å². The average Bonchev–Trinajstić information content (AvgIpc) is 3.24. The first-order valence-electron chi connectivity index (χ1n) is 6.91. The lowest BCUT2D eigenvalue weighted by Gasteiger charge is -2.09. The van der Waals surface area contributed by atoms with Crippen molar-refractivity contribution in [1.82, 2.24) is 25.1 Å². The van der Waals surface area contributed by atoms with E-state index in [1.807, 2.05) is 24.3 Å². The van der Waals surface area contributed by atoms with Crippen LogP contribution in [0.25, 0.3) is 5.82 Å². The molecule has 3 aromatic rings. The maximum atomic E-state index is 11.9. The Morgan fingerprint density at radius 2 is 2.27 bits per heavy atom. The quantitative estimate of drug-likeness (QED) is 0.745. The third-order valence-corrected chi connectivity index (χ3v) is 3.16. The highest BCUT2D eigenvalue weighted by Gasteiger charge is 2.08. The van der Waals surface area contributed by atoms with Gasteiger partial charge in [-0.25, -0.2) is 14.6 Å². The molecule has 0 atom stereocenters. The van der Waals surface area contributed by atoms with E-state index >= 15 is 0 Å². The van der Waals surface area contributed by atoms with Gasteiger partial charge >= 0.3 is 0 Å². The molecule has 0 saturated heterocycles. The molecule has 0 bridgehead atoms. The average molecular weight is 297 g/mol. The molecule has 0 radical (unpaired) electrons. The van der Waals surface area contributed by atoms with E-state index in [4.69, 9.17) is 4.42 Å². The zero-order chi connectivity index (χ0) is 15.2. The van der Waals surface area contributed by atoms with Crippen molar-refractivity contribution in [1.29, 1.82) is 0 Å². The van der Waals surface area contributed by atoms with Crippen molar-refractivity contribution in [3.8, 4) is 5.82 Å². The van der Waals surface area contributed by atoms with Gasteiger partial charge < -0.3 is 9.73 Å². The van der Waals surface area contributed by atoms with Crippen LogP contribution in [-0.4, -0.2) is 25.7 Å². The minimum Gasteiger partial charge on any atom is -0.469 e. The first-order valence-corrected chi connectivity index (χ1v) is 6.91. The minimum atomic E-state index is -0.0372. The van der Waals surface area contributed by atoms with Crippen LogP contribution in [0.2, 0.25) is 0 Å². The standard InChI is InChI=1S/C15H15N5O2/c21-14(6-5-13-4-2-8-22-13)18-9-12-3-1-7-17-15(12)20-11-16-10-19-20/h1-4,7-8,10-11H,5-6,9H2,(H,18,21). The summed E-state index contributed by atoms with van der Waals surface area (Å²) in [5.74, 6) is 1.43. The second-order valence-corrected chi connectivity index (χ2v) is 4.68. The van der Waals surface area contributed by atoms with Crippen LogP contribution in [0, 0.1) is 0 Å². The van der Waals surface area contributed by atoms with Crippen molar-refractivity contribution in [2.75, 3.05) is 0 Å². The van der Waals surface area contributed by atoms with E-state index in [1.165, 1.54) is 6.33 Å². The van der Waals surface area contributed by atoms with Crippen molar-refractivity contribution in [2.24, 2.45) is 0 Å². The number of aryl methyl sites for hydroxylation is 1. The van der Waals surface area contributed by atoms with Gasteiger partial charge in [-0.05, 0) is 18.2 Å². The minimum absolute atomic E-state index is 0.0372. The molecular weight excluding hydrogens is 282 g/mol. The predicted octanol–water partition coefficient (Wildman–Crippen LogP) is 1.50. The van der Waals surface area contributed by atoms with E-state index in [0.29, 0.717) is 25.2 Å². The van der Waals surface area contributed by atoms with Crippen LogP contribution >= 0.6 is 0 Å². The van der Waals surface area contributed by atoms with Crippen LogP contribution in [0.15, 0.2) is 53.8 Å². The van der Waals surface area contributed by atoms with E-state index in [9.17, 15) is 4.79 Å². The number of rotatable bonds is 6. The second kappa shape index (κ2) is 6.66. The third-order valence-electron chi connectivity index (χ3n) is 3.16. The lowest BCUT2D eigenvalue weighted by Crippen LogP contribution is -2.24. The molecule has 3 aromatic heterocycles. The molecule has 22 heavy (non-hydrogen) atoms. The first-order chi connectivity index (χ1) is 10.8. The van der Waals surface area contributed by atoms with Crippen molar-refractivity contribution < 1.29 is 9.21 Å². The van der Waals surface area contributed by atoms with Gasteiger partial charge in [-0.2, -0.15) is 5.10 Å². The SMILES string of the molecule is O=C(CCc1ccco1)NCc1cccnc1-n1cncn1. The number of carbonyl (C=O) groups excluding carboxylic acids is 1. The van der Waals surface area contributed by atoms with E-state index < -0.39 is 0 Å². The van der Waals surface area contributed by atoms with Gasteiger partial charge in [0.25, 0.3) is 0 Å². The number of pyridine rings is 1. The van der Waals surface area contributed by atoms with E-state index in [2.05, 4.69) is 20.4 Å². The molecular formula is C15H15N5O2. The summed E-state index contributed by atoms with van der Waals surface area (Å²) in [6.07, 6.45) is 7.27. The van der Waals surface area contributed by atoms with Gasteiger partial charge in [-0.3, -0.25) is 4.79 Å². The number of nitrogens with one attached hydrogen (secondary N) is 1. The van der Waals surface area contributed by atoms with E-state index in [1.54, 1.807) is 23.5 Å². The topological polar surface area (TPSA) is 85.8 Å². The summed E-state index contributed by atoms with van der Waals surface area (Å²) in [7, 11) is 0. The van der Waals surface area contributed by atoms with Crippen molar-refractivity contribution >= 4 is 5.91 Å². The molecule has 0 unspecified atom stereocenters. The first kappa shape index (κ1) is 14.0. The summed E-state index contributed by atoms with van der Waals surface area (Å²) in [5.41, 5.74) is 0.874. The highest BCUT2D eigenvalue weighted by atomic mass is 16.3. The summed E-state index contributed by atoms with van der Waals surface area (Å²) in [4.78, 5) is 20.1. The van der Waals surface area contributed by atoms with Gasteiger partial charge in [-0.1, -0.05) is 6.07 Å². The summed E-state index contributed by atoms with van der Waals surface area (Å²) in [6.45, 7) is 0.389. The zero-order valence-electron chi connectivity index (χ0n) is 11.8. The summed E-state index contributed by atoms with van der Waals surface area (Å²) in [5, 5.41) is 6.94. The van der Waals surface area contributed by atoms with Crippen LogP contribution in [0.1, 0.15) is 17.7 Å². The number of aromatic nitrogens is 4. The molecule has 0 fully saturated rings. The van der Waals surface area contributed by atoms with Gasteiger partial charge in [0.15, 0.2) is 5.82 Å². The Kier molecular flexibility index (Phi) is 4.24. The van der Waals surface area contributed by atoms with Crippen LogP contribution in [0.3, 0.4) is 0 Å². The summed E-state index contributed by atoms with van der Waals surface area (Å²) in [6, 6.07) is 7.39. The van der Waals surface area contributed by atoms with Crippen LogP contribution in [0.4, 0.5) is 0 Å². The molecule has 3 heterocycles. The van der Waals surface area contributed by atoms with Crippen LogP contribution in [-0.2, 0) is 17.8 Å². The maximum absolute atomic E-state index is 11.9. The highest BCUT2D eigenvalue weighted by molar-refractivity contribution is 5.76. The van der Waals surface area contributed by atoms with Crippen LogP contribution < -0.4 is 5.32 Å². The third kappa shape index (κ3) is 3.38. The van der Waals surface area contributed by atoms with Crippen molar-refractivity contribution in [3.05, 3.63) is 60.7 Å². The number of amides is 1. The molecule has 0 saturated carbocycles. The van der Waals surface area contributed by atoms with Gasteiger partial charge in [0.1, 0.15) is 18.4 Å². The van der Waals surface area contributed by atoms with E-state index in [-0.39, 0.29) is 5.91 Å². The zero-order valence-corrected chi connectivity index (χ0v) is 11.8. The Labute approximate surface area is 127 Å². The smallest absolute Gasteiger partial charge is 0.220 e. The molecule has 7 nitrogen and oxygen atoms in total. The molecule has 7 heteroatoms. The number of carbonyl (C=O) groups is 1. The largest absolute Gasteiger partial charge is 0.469 e. The second-order valence-electron chi connectivity index (χ2n) is 4.68. The fourth-order valence-corrected chi connectivity index (χ4v) is 2.07. The molecule has 112 valence electrons. The molecule has 0 aromatic carbocycles. The van der Waals surface area contributed by atoms with Gasteiger partial charge in [-0.15, -0.1) is 0 Å². The Balaban J connectivity index is 1.58. The molecule has 0 aliphatic carbocycles. The van der Waals surface area contributed by atoms with Gasteiger partial charge in [0, 0.05) is 31.1 Å². The number of hydrogen-bond donors (Lipinski definition) is 1. The maximum Gasteiger partial charge on any atom is 0.220 e. The lowest BCUT2D eigenvalue weighted by molar-refractivity contribution is -0.121. The fourth-order valence-electron chi connectivity index (χ4n) is 2.07. The molecule has 1 amide bonds. The highest BCUT2D eigenvalue weighted by Crippen LogP contribution is 2.09. The van der Waals surface area contributed by atoms with Crippen molar-refractivity contribution in [2.45, 2.75) is 19.4 Å². The molecule has 0 spiro atoms. The molecule has 0 aliphatic rings. The van der Waals surface area contributed by atoms with Gasteiger partial charge in [0.05, 0.1) is 6.26 Å². The van der Waals surface area contributed by atoms with E-state index in [0.717, 1.165) is 11.3 Å². The Morgan fingerprint density at radius 1 is 1.32 bits per heavy atom. The Hall–Kier alpha value is -2.96.